The van der Waals surface area contributed by atoms with Gasteiger partial charge in [-0.2, -0.15) is 0 Å². The van der Waals surface area contributed by atoms with Gasteiger partial charge in [-0.15, -0.1) is 0 Å². The number of rotatable bonds is 5. The van der Waals surface area contributed by atoms with Crippen LogP contribution in [0.3, 0.4) is 0 Å². The molecule has 146 valence electrons. The molecule has 0 radical (unpaired) electrons. The molecule has 0 saturated heterocycles. The molecule has 1 heterocycles. The molecule has 1 atom stereocenters. The number of amides is 1. The predicted molar refractivity (Wildman–Crippen MR) is 103 cm³/mol. The van der Waals surface area contributed by atoms with Crippen LogP contribution in [0.1, 0.15) is 23.6 Å². The Labute approximate surface area is 167 Å². The maximum atomic E-state index is 13.3. The van der Waals surface area contributed by atoms with Crippen molar-refractivity contribution in [3.8, 4) is 11.5 Å². The Morgan fingerprint density at radius 1 is 1.18 bits per heavy atom. The van der Waals surface area contributed by atoms with E-state index in [0.717, 1.165) is 0 Å². The molecule has 0 bridgehead atoms. The van der Waals surface area contributed by atoms with Crippen molar-refractivity contribution >= 4 is 23.3 Å². The number of carbonyl (C=O) groups is 2. The number of hydrogen-bond acceptors (Lipinski definition) is 4. The van der Waals surface area contributed by atoms with Crippen LogP contribution in [0.5, 0.6) is 11.5 Å². The van der Waals surface area contributed by atoms with E-state index in [1.54, 1.807) is 24.3 Å². The van der Waals surface area contributed by atoms with E-state index in [1.807, 2.05) is 0 Å². The summed E-state index contributed by atoms with van der Waals surface area (Å²) in [7, 11) is 3.00. The monoisotopic (exact) mass is 403 g/mol. The molecular weight excluding hydrogens is 385 g/mol. The second kappa shape index (κ2) is 8.44. The summed E-state index contributed by atoms with van der Waals surface area (Å²) in [6.45, 7) is 0. The van der Waals surface area contributed by atoms with Crippen LogP contribution in [0.4, 0.5) is 4.39 Å². The third-order valence-electron chi connectivity index (χ3n) is 4.59. The molecule has 7 heteroatoms. The molecule has 5 nitrogen and oxygen atoms in total. The molecular formula is C21H19ClFNO4. The summed E-state index contributed by atoms with van der Waals surface area (Å²) in [5, 5.41) is 0.376. The summed E-state index contributed by atoms with van der Waals surface area (Å²) in [6, 6.07) is 8.54. The first-order valence-corrected chi connectivity index (χ1v) is 8.98. The summed E-state index contributed by atoms with van der Waals surface area (Å²) < 4.78 is 23.7. The van der Waals surface area contributed by atoms with Gasteiger partial charge < -0.3 is 14.4 Å². The Kier molecular flexibility index (Phi) is 5.99. The number of halogens is 2. The second-order valence-corrected chi connectivity index (χ2v) is 6.74. The number of ketones is 1. The Balaban J connectivity index is 1.88. The Morgan fingerprint density at radius 3 is 2.46 bits per heavy atom. The molecule has 0 unspecified atom stereocenters. The lowest BCUT2D eigenvalue weighted by Crippen LogP contribution is -2.35. The van der Waals surface area contributed by atoms with Gasteiger partial charge in [-0.1, -0.05) is 23.7 Å². The van der Waals surface area contributed by atoms with Crippen LogP contribution in [0.15, 0.2) is 48.7 Å². The third-order valence-corrected chi connectivity index (χ3v) is 4.94. The van der Waals surface area contributed by atoms with Crippen molar-refractivity contribution in [1.29, 1.82) is 0 Å². The zero-order chi connectivity index (χ0) is 20.3. The smallest absolute Gasteiger partial charge is 0.231 e. The maximum absolute atomic E-state index is 13.3. The van der Waals surface area contributed by atoms with Crippen molar-refractivity contribution in [2.75, 3.05) is 14.2 Å². The summed E-state index contributed by atoms with van der Waals surface area (Å²) in [6.07, 6.45) is 2.98. The minimum absolute atomic E-state index is 0.00934. The van der Waals surface area contributed by atoms with Crippen molar-refractivity contribution in [2.24, 2.45) is 0 Å². The standard InChI is InChI=1S/C21H19ClFNO4/c1-27-19-9-14(17(22)12-20(19)28-2)10-21(26)24-8-7-16(25)11-18(24)13-3-5-15(23)6-4-13/h3-9,12,18H,10-11H2,1-2H3/t18-/m0/s1. The van der Waals surface area contributed by atoms with E-state index >= 15 is 0 Å². The largest absolute Gasteiger partial charge is 0.493 e. The van der Waals surface area contributed by atoms with Gasteiger partial charge in [0, 0.05) is 23.7 Å². The van der Waals surface area contributed by atoms with Crippen molar-refractivity contribution < 1.29 is 23.5 Å². The Bertz CT molecular complexity index is 927. The maximum Gasteiger partial charge on any atom is 0.231 e. The fraction of sp³-hybridized carbons (Fsp3) is 0.238. The van der Waals surface area contributed by atoms with Gasteiger partial charge in [0.05, 0.1) is 26.7 Å². The van der Waals surface area contributed by atoms with Gasteiger partial charge in [-0.25, -0.2) is 4.39 Å². The van der Waals surface area contributed by atoms with Gasteiger partial charge >= 0.3 is 0 Å². The van der Waals surface area contributed by atoms with Crippen LogP contribution < -0.4 is 9.47 Å². The number of carbonyl (C=O) groups excluding carboxylic acids is 2. The van der Waals surface area contributed by atoms with E-state index in [1.165, 1.54) is 43.5 Å². The second-order valence-electron chi connectivity index (χ2n) is 6.33. The topological polar surface area (TPSA) is 55.8 Å². The molecule has 2 aromatic carbocycles. The Hall–Kier alpha value is -2.86. The SMILES string of the molecule is COc1cc(Cl)c(CC(=O)N2C=CC(=O)C[C@H]2c2ccc(F)cc2)cc1OC. The van der Waals surface area contributed by atoms with E-state index in [2.05, 4.69) is 0 Å². The molecule has 28 heavy (non-hydrogen) atoms. The molecule has 1 aliphatic heterocycles. The van der Waals surface area contributed by atoms with Crippen LogP contribution in [0.25, 0.3) is 0 Å². The lowest BCUT2D eigenvalue weighted by atomic mass is 9.96. The average Bonchev–Trinajstić information content (AvgIpc) is 2.69. The molecule has 0 aliphatic carbocycles. The first-order chi connectivity index (χ1) is 13.4. The van der Waals surface area contributed by atoms with Crippen LogP contribution in [0, 0.1) is 5.82 Å². The first kappa shape index (κ1) is 19.9. The van der Waals surface area contributed by atoms with E-state index < -0.39 is 6.04 Å². The number of hydrogen-bond donors (Lipinski definition) is 0. The summed E-state index contributed by atoms with van der Waals surface area (Å²) in [5.74, 6) is 0.219. The van der Waals surface area contributed by atoms with E-state index in [4.69, 9.17) is 21.1 Å². The number of methoxy groups -OCH3 is 2. The molecule has 1 aliphatic rings. The summed E-state index contributed by atoms with van der Waals surface area (Å²) in [4.78, 5) is 26.4. The molecule has 3 rings (SSSR count). The fourth-order valence-electron chi connectivity index (χ4n) is 3.13. The molecule has 2 aromatic rings. The number of nitrogens with zero attached hydrogens (tertiary/aromatic N) is 1. The first-order valence-electron chi connectivity index (χ1n) is 8.61. The number of ether oxygens (including phenoxy) is 2. The van der Waals surface area contributed by atoms with Crippen LogP contribution in [-0.2, 0) is 16.0 Å². The lowest BCUT2D eigenvalue weighted by molar-refractivity contribution is -0.131. The van der Waals surface area contributed by atoms with Crippen molar-refractivity contribution in [3.05, 3.63) is 70.6 Å². The molecule has 0 N–H and O–H groups in total. The Morgan fingerprint density at radius 2 is 1.82 bits per heavy atom. The number of benzene rings is 2. The summed E-state index contributed by atoms with van der Waals surface area (Å²) in [5.41, 5.74) is 1.26. The molecule has 0 fully saturated rings. The van der Waals surface area contributed by atoms with Gasteiger partial charge in [0.25, 0.3) is 0 Å². The van der Waals surface area contributed by atoms with Gasteiger partial charge in [-0.3, -0.25) is 9.59 Å². The minimum Gasteiger partial charge on any atom is -0.493 e. The fourth-order valence-corrected chi connectivity index (χ4v) is 3.35. The predicted octanol–water partition coefficient (Wildman–Crippen LogP) is 4.10. The highest BCUT2D eigenvalue weighted by atomic mass is 35.5. The van der Waals surface area contributed by atoms with Crippen LogP contribution >= 0.6 is 11.6 Å². The molecule has 0 saturated carbocycles. The van der Waals surface area contributed by atoms with E-state index in [9.17, 15) is 14.0 Å². The van der Waals surface area contributed by atoms with Gasteiger partial charge in [0.15, 0.2) is 17.3 Å². The molecule has 0 spiro atoms. The van der Waals surface area contributed by atoms with Crippen LogP contribution in [-0.4, -0.2) is 30.8 Å². The normalized spacial score (nSPS) is 16.2. The van der Waals surface area contributed by atoms with Crippen LogP contribution in [0.2, 0.25) is 5.02 Å². The third kappa shape index (κ3) is 4.17. The average molecular weight is 404 g/mol. The molecule has 1 amide bonds. The lowest BCUT2D eigenvalue weighted by Gasteiger charge is -2.31. The zero-order valence-corrected chi connectivity index (χ0v) is 16.2. The van der Waals surface area contributed by atoms with Crippen molar-refractivity contribution in [1.82, 2.24) is 4.90 Å². The van der Waals surface area contributed by atoms with Crippen molar-refractivity contribution in [2.45, 2.75) is 18.9 Å². The van der Waals surface area contributed by atoms with Gasteiger partial charge in [0.2, 0.25) is 5.91 Å². The summed E-state index contributed by atoms with van der Waals surface area (Å²) >= 11 is 6.29. The van der Waals surface area contributed by atoms with Gasteiger partial charge in [-0.05, 0) is 35.4 Å². The number of allylic oxidation sites excluding steroid dienone is 1. The highest BCUT2D eigenvalue weighted by molar-refractivity contribution is 6.31. The molecule has 0 aromatic heterocycles. The quantitative estimate of drug-likeness (QED) is 0.754. The van der Waals surface area contributed by atoms with Gasteiger partial charge in [0.1, 0.15) is 5.82 Å². The highest BCUT2D eigenvalue weighted by Crippen LogP contribution is 2.35. The zero-order valence-electron chi connectivity index (χ0n) is 15.4. The van der Waals surface area contributed by atoms with E-state index in [0.29, 0.717) is 27.6 Å². The van der Waals surface area contributed by atoms with Crippen molar-refractivity contribution in [3.63, 3.8) is 0 Å². The van der Waals surface area contributed by atoms with E-state index in [-0.39, 0.29) is 30.3 Å². The minimum atomic E-state index is -0.496. The highest BCUT2D eigenvalue weighted by Gasteiger charge is 2.29.